The van der Waals surface area contributed by atoms with Crippen molar-refractivity contribution < 1.29 is 9.90 Å². The third-order valence-corrected chi connectivity index (χ3v) is 3.61. The molecule has 1 atom stereocenters. The Hall–Kier alpha value is -1.75. The summed E-state index contributed by atoms with van der Waals surface area (Å²) in [5.41, 5.74) is 6.94. The van der Waals surface area contributed by atoms with Crippen LogP contribution in [0.4, 0.5) is 11.4 Å². The summed E-state index contributed by atoms with van der Waals surface area (Å²) >= 11 is 0. The lowest BCUT2D eigenvalue weighted by Gasteiger charge is -2.32. The monoisotopic (exact) mass is 263 g/mol. The van der Waals surface area contributed by atoms with E-state index in [-0.39, 0.29) is 5.56 Å². The Morgan fingerprint density at radius 1 is 1.58 bits per heavy atom. The maximum Gasteiger partial charge on any atom is 0.337 e. The number of nitrogens with two attached hydrogens (primary N) is 1. The van der Waals surface area contributed by atoms with Crippen LogP contribution in [0.5, 0.6) is 0 Å². The highest BCUT2D eigenvalue weighted by atomic mass is 16.4. The molecule has 5 heteroatoms. The first kappa shape index (κ1) is 13.7. The second-order valence-electron chi connectivity index (χ2n) is 4.98. The van der Waals surface area contributed by atoms with Crippen LogP contribution in [0.15, 0.2) is 18.2 Å². The minimum atomic E-state index is -0.986. The van der Waals surface area contributed by atoms with Crippen molar-refractivity contribution in [3.63, 3.8) is 0 Å². The van der Waals surface area contributed by atoms with Gasteiger partial charge in [0.15, 0.2) is 0 Å². The van der Waals surface area contributed by atoms with Crippen LogP contribution in [0.1, 0.15) is 30.1 Å². The standard InChI is InChI=1S/C14H21N3O2/c1-2-17-7-3-4-11(9-17)16-10-5-6-13(15)12(8-10)14(18)19/h5-6,8,11,16H,2-4,7,9,15H2,1H3,(H,18,19). The number of piperidine rings is 1. The first-order valence-corrected chi connectivity index (χ1v) is 6.72. The molecular weight excluding hydrogens is 242 g/mol. The van der Waals surface area contributed by atoms with Gasteiger partial charge in [0.05, 0.1) is 5.56 Å². The molecular formula is C14H21N3O2. The van der Waals surface area contributed by atoms with Crippen molar-refractivity contribution in [2.24, 2.45) is 0 Å². The Balaban J connectivity index is 2.06. The van der Waals surface area contributed by atoms with Gasteiger partial charge in [0.2, 0.25) is 0 Å². The number of nitrogen functional groups attached to an aromatic ring is 1. The molecule has 1 aromatic rings. The fourth-order valence-electron chi connectivity index (χ4n) is 2.53. The summed E-state index contributed by atoms with van der Waals surface area (Å²) in [6.45, 7) is 5.37. The van der Waals surface area contributed by atoms with Gasteiger partial charge in [-0.05, 0) is 44.1 Å². The molecule has 0 spiro atoms. The van der Waals surface area contributed by atoms with Crippen molar-refractivity contribution >= 4 is 17.3 Å². The molecule has 1 aromatic carbocycles. The predicted octanol–water partition coefficient (Wildman–Crippen LogP) is 1.86. The summed E-state index contributed by atoms with van der Waals surface area (Å²) in [7, 11) is 0. The summed E-state index contributed by atoms with van der Waals surface area (Å²) in [5.74, 6) is -0.986. The highest BCUT2D eigenvalue weighted by Gasteiger charge is 2.19. The first-order valence-electron chi connectivity index (χ1n) is 6.72. The number of likely N-dealkylation sites (tertiary alicyclic amines) is 1. The number of hydrogen-bond acceptors (Lipinski definition) is 4. The average Bonchev–Trinajstić information content (AvgIpc) is 2.41. The fraction of sp³-hybridized carbons (Fsp3) is 0.500. The van der Waals surface area contributed by atoms with Gasteiger partial charge in [0, 0.05) is 24.0 Å². The van der Waals surface area contributed by atoms with E-state index in [9.17, 15) is 4.79 Å². The topological polar surface area (TPSA) is 78.6 Å². The second-order valence-corrected chi connectivity index (χ2v) is 4.98. The normalized spacial score (nSPS) is 20.2. The number of likely N-dealkylation sites (N-methyl/N-ethyl adjacent to an activating group) is 1. The van der Waals surface area contributed by atoms with E-state index in [1.54, 1.807) is 12.1 Å². The quantitative estimate of drug-likeness (QED) is 0.723. The van der Waals surface area contributed by atoms with Crippen molar-refractivity contribution in [3.05, 3.63) is 23.8 Å². The lowest BCUT2D eigenvalue weighted by atomic mass is 10.0. The van der Waals surface area contributed by atoms with E-state index in [0.29, 0.717) is 11.7 Å². The molecule has 1 aliphatic rings. The number of carboxylic acids is 1. The molecule has 19 heavy (non-hydrogen) atoms. The molecule has 4 N–H and O–H groups in total. The minimum Gasteiger partial charge on any atom is -0.478 e. The molecule has 0 bridgehead atoms. The molecule has 0 aromatic heterocycles. The van der Waals surface area contributed by atoms with E-state index in [0.717, 1.165) is 31.7 Å². The number of hydrogen-bond donors (Lipinski definition) is 3. The molecule has 5 nitrogen and oxygen atoms in total. The number of aromatic carboxylic acids is 1. The van der Waals surface area contributed by atoms with E-state index in [2.05, 4.69) is 17.1 Å². The minimum absolute atomic E-state index is 0.160. The van der Waals surface area contributed by atoms with Gasteiger partial charge in [0.1, 0.15) is 0 Å². The Labute approximate surface area is 113 Å². The van der Waals surface area contributed by atoms with Crippen molar-refractivity contribution in [2.45, 2.75) is 25.8 Å². The predicted molar refractivity (Wildman–Crippen MR) is 76.6 cm³/mol. The molecule has 1 aliphatic heterocycles. The number of nitrogens with zero attached hydrogens (tertiary/aromatic N) is 1. The summed E-state index contributed by atoms with van der Waals surface area (Å²) < 4.78 is 0. The van der Waals surface area contributed by atoms with E-state index < -0.39 is 5.97 Å². The lowest BCUT2D eigenvalue weighted by molar-refractivity contribution is 0.0698. The maximum atomic E-state index is 11.0. The van der Waals surface area contributed by atoms with Crippen LogP contribution in [0.25, 0.3) is 0 Å². The largest absolute Gasteiger partial charge is 0.478 e. The Morgan fingerprint density at radius 2 is 2.37 bits per heavy atom. The number of nitrogens with one attached hydrogen (secondary N) is 1. The number of carbonyl (C=O) groups is 1. The van der Waals surface area contributed by atoms with E-state index in [1.165, 1.54) is 6.42 Å². The van der Waals surface area contributed by atoms with E-state index in [4.69, 9.17) is 10.8 Å². The fourth-order valence-corrected chi connectivity index (χ4v) is 2.53. The maximum absolute atomic E-state index is 11.0. The van der Waals surface area contributed by atoms with Crippen molar-refractivity contribution in [3.8, 4) is 0 Å². The Kier molecular flexibility index (Phi) is 4.27. The SMILES string of the molecule is CCN1CCCC(Nc2ccc(N)c(C(=O)O)c2)C1. The summed E-state index contributed by atoms with van der Waals surface area (Å²) in [6.07, 6.45) is 2.29. The van der Waals surface area contributed by atoms with Crippen LogP contribution < -0.4 is 11.1 Å². The molecule has 1 fully saturated rings. The van der Waals surface area contributed by atoms with Crippen molar-refractivity contribution in [1.82, 2.24) is 4.90 Å². The van der Waals surface area contributed by atoms with Gasteiger partial charge < -0.3 is 21.1 Å². The average molecular weight is 263 g/mol. The van der Waals surface area contributed by atoms with E-state index in [1.807, 2.05) is 6.07 Å². The number of carboxylic acid groups (broad SMARTS) is 1. The van der Waals surface area contributed by atoms with Gasteiger partial charge in [-0.3, -0.25) is 0 Å². The zero-order valence-corrected chi connectivity index (χ0v) is 11.2. The van der Waals surface area contributed by atoms with Crippen molar-refractivity contribution in [2.75, 3.05) is 30.7 Å². The van der Waals surface area contributed by atoms with Crippen LogP contribution in [0.3, 0.4) is 0 Å². The van der Waals surface area contributed by atoms with Gasteiger partial charge in [-0.2, -0.15) is 0 Å². The molecule has 2 rings (SSSR count). The molecule has 104 valence electrons. The molecule has 0 amide bonds. The van der Waals surface area contributed by atoms with Gasteiger partial charge >= 0.3 is 5.97 Å². The molecule has 0 saturated carbocycles. The van der Waals surface area contributed by atoms with Gasteiger partial charge in [-0.15, -0.1) is 0 Å². The Morgan fingerprint density at radius 3 is 3.05 bits per heavy atom. The van der Waals surface area contributed by atoms with Crippen LogP contribution in [-0.2, 0) is 0 Å². The van der Waals surface area contributed by atoms with Crippen LogP contribution >= 0.6 is 0 Å². The number of benzene rings is 1. The van der Waals surface area contributed by atoms with Crippen LogP contribution in [0.2, 0.25) is 0 Å². The highest BCUT2D eigenvalue weighted by Crippen LogP contribution is 2.21. The van der Waals surface area contributed by atoms with Crippen LogP contribution in [-0.4, -0.2) is 41.7 Å². The lowest BCUT2D eigenvalue weighted by Crippen LogP contribution is -2.41. The number of anilines is 2. The summed E-state index contributed by atoms with van der Waals surface area (Å²) in [6, 6.07) is 5.47. The third kappa shape index (κ3) is 3.38. The molecule has 1 saturated heterocycles. The second kappa shape index (κ2) is 5.93. The zero-order chi connectivity index (χ0) is 13.8. The van der Waals surface area contributed by atoms with Crippen molar-refractivity contribution in [1.29, 1.82) is 0 Å². The highest BCUT2D eigenvalue weighted by molar-refractivity contribution is 5.94. The molecule has 0 radical (unpaired) electrons. The first-order chi connectivity index (χ1) is 9.10. The summed E-state index contributed by atoms with van der Waals surface area (Å²) in [5, 5.41) is 12.5. The molecule has 1 heterocycles. The van der Waals surface area contributed by atoms with Gasteiger partial charge in [-0.1, -0.05) is 6.92 Å². The Bertz CT molecular complexity index is 462. The summed E-state index contributed by atoms with van der Waals surface area (Å²) in [4.78, 5) is 13.4. The number of rotatable bonds is 4. The zero-order valence-electron chi connectivity index (χ0n) is 11.2. The smallest absolute Gasteiger partial charge is 0.337 e. The molecule has 1 unspecified atom stereocenters. The van der Waals surface area contributed by atoms with Gasteiger partial charge in [-0.25, -0.2) is 4.79 Å². The van der Waals surface area contributed by atoms with Gasteiger partial charge in [0.25, 0.3) is 0 Å². The van der Waals surface area contributed by atoms with E-state index >= 15 is 0 Å². The van der Waals surface area contributed by atoms with Crippen LogP contribution in [0, 0.1) is 0 Å². The molecule has 0 aliphatic carbocycles. The third-order valence-electron chi connectivity index (χ3n) is 3.61.